The third kappa shape index (κ3) is 3.38. The molecule has 0 N–H and O–H groups in total. The van der Waals surface area contributed by atoms with Crippen molar-refractivity contribution in [2.24, 2.45) is 0 Å². The summed E-state index contributed by atoms with van der Waals surface area (Å²) >= 11 is 8.80. The van der Waals surface area contributed by atoms with Gasteiger partial charge in [-0.15, -0.1) is 13.2 Å². The van der Waals surface area contributed by atoms with Gasteiger partial charge in [0.05, 0.1) is 0 Å². The van der Waals surface area contributed by atoms with E-state index in [1.165, 1.54) is 18.2 Å². The van der Waals surface area contributed by atoms with E-state index in [2.05, 4.69) is 20.7 Å². The molecule has 14 heavy (non-hydrogen) atoms. The van der Waals surface area contributed by atoms with Gasteiger partial charge in [-0.25, -0.2) is 0 Å². The minimum absolute atomic E-state index is 0.267. The Morgan fingerprint density at radius 1 is 1.36 bits per heavy atom. The molecule has 0 aliphatic rings. The number of alkyl halides is 4. The molecule has 0 heterocycles. The summed E-state index contributed by atoms with van der Waals surface area (Å²) in [6.45, 7) is 0. The van der Waals surface area contributed by atoms with Gasteiger partial charge >= 0.3 is 6.36 Å². The Labute approximate surface area is 91.9 Å². The summed E-state index contributed by atoms with van der Waals surface area (Å²) in [4.78, 5) is 0. The minimum atomic E-state index is -4.67. The molecule has 0 radical (unpaired) electrons. The topological polar surface area (TPSA) is 9.23 Å². The van der Waals surface area contributed by atoms with Crippen LogP contribution in [0.15, 0.2) is 18.2 Å². The number of hydrogen-bond acceptors (Lipinski definition) is 1. The minimum Gasteiger partial charge on any atom is -0.406 e. The highest BCUT2D eigenvalue weighted by atomic mass is 79.9. The average molecular weight is 289 g/mol. The van der Waals surface area contributed by atoms with E-state index in [1.807, 2.05) is 0 Å². The quantitative estimate of drug-likeness (QED) is 0.744. The lowest BCUT2D eigenvalue weighted by Gasteiger charge is -2.10. The van der Waals surface area contributed by atoms with Crippen LogP contribution in [-0.4, -0.2) is 6.36 Å². The Kier molecular flexibility index (Phi) is 3.66. The zero-order valence-electron chi connectivity index (χ0n) is 6.74. The van der Waals surface area contributed by atoms with Gasteiger partial charge in [0.2, 0.25) is 0 Å². The van der Waals surface area contributed by atoms with Gasteiger partial charge in [-0.1, -0.05) is 27.5 Å². The molecular weight excluding hydrogens is 284 g/mol. The molecule has 0 atom stereocenters. The molecule has 1 aromatic carbocycles. The summed E-state index contributed by atoms with van der Waals surface area (Å²) in [7, 11) is 0. The van der Waals surface area contributed by atoms with Gasteiger partial charge in [-0.3, -0.25) is 0 Å². The molecule has 1 aromatic rings. The first-order valence-corrected chi connectivity index (χ1v) is 5.02. The molecule has 0 bridgehead atoms. The van der Waals surface area contributed by atoms with Crippen LogP contribution >= 0.6 is 27.5 Å². The Bertz CT molecular complexity index is 327. The summed E-state index contributed by atoms with van der Waals surface area (Å²) in [5, 5.41) is 0.775. The fourth-order valence-electron chi connectivity index (χ4n) is 0.851. The molecule has 0 aromatic heterocycles. The van der Waals surface area contributed by atoms with Gasteiger partial charge in [-0.05, 0) is 23.8 Å². The maximum atomic E-state index is 11.8. The van der Waals surface area contributed by atoms with E-state index in [1.54, 1.807) is 0 Å². The van der Waals surface area contributed by atoms with Crippen molar-refractivity contribution in [1.29, 1.82) is 0 Å². The fraction of sp³-hybridized carbons (Fsp3) is 0.250. The van der Waals surface area contributed by atoms with Crippen LogP contribution in [0.4, 0.5) is 13.2 Å². The second kappa shape index (κ2) is 4.40. The molecule has 0 saturated carbocycles. The van der Waals surface area contributed by atoms with Gasteiger partial charge in [0, 0.05) is 10.4 Å². The van der Waals surface area contributed by atoms with Crippen molar-refractivity contribution in [1.82, 2.24) is 0 Å². The first kappa shape index (κ1) is 11.7. The van der Waals surface area contributed by atoms with Crippen molar-refractivity contribution in [3.8, 4) is 5.75 Å². The summed E-state index contributed by atoms with van der Waals surface area (Å²) in [5.41, 5.74) is 0.549. The van der Waals surface area contributed by atoms with Crippen LogP contribution in [0, 0.1) is 0 Å². The molecule has 0 aliphatic carbocycles. The largest absolute Gasteiger partial charge is 0.573 e. The number of ether oxygens (including phenoxy) is 1. The summed E-state index contributed by atoms with van der Waals surface area (Å²) < 4.78 is 39.2. The molecule has 1 rings (SSSR count). The predicted octanol–water partition coefficient (Wildman–Crippen LogP) is 4.13. The Morgan fingerprint density at radius 2 is 2.00 bits per heavy atom. The van der Waals surface area contributed by atoms with Gasteiger partial charge in [-0.2, -0.15) is 0 Å². The maximum Gasteiger partial charge on any atom is 0.573 e. The van der Waals surface area contributed by atoms with Crippen molar-refractivity contribution >= 4 is 27.5 Å². The van der Waals surface area contributed by atoms with Crippen molar-refractivity contribution in [2.75, 3.05) is 0 Å². The van der Waals surface area contributed by atoms with Gasteiger partial charge in [0.15, 0.2) is 0 Å². The predicted molar refractivity (Wildman–Crippen MR) is 50.8 cm³/mol. The van der Waals surface area contributed by atoms with Gasteiger partial charge < -0.3 is 4.74 Å². The SMILES string of the molecule is FC(F)(F)Oc1ccc(Cl)c(CBr)c1. The third-order valence-corrected chi connectivity index (χ3v) is 2.37. The molecule has 6 heteroatoms. The van der Waals surface area contributed by atoms with E-state index < -0.39 is 6.36 Å². The first-order valence-electron chi connectivity index (χ1n) is 3.52. The highest BCUT2D eigenvalue weighted by Gasteiger charge is 2.31. The zero-order valence-corrected chi connectivity index (χ0v) is 9.08. The van der Waals surface area contributed by atoms with Gasteiger partial charge in [0.1, 0.15) is 5.75 Å². The third-order valence-electron chi connectivity index (χ3n) is 1.39. The van der Waals surface area contributed by atoms with Crippen LogP contribution in [0.3, 0.4) is 0 Å². The van der Waals surface area contributed by atoms with Crippen LogP contribution in [-0.2, 0) is 5.33 Å². The van der Waals surface area contributed by atoms with Crippen LogP contribution in [0.1, 0.15) is 5.56 Å². The number of benzene rings is 1. The van der Waals surface area contributed by atoms with E-state index in [4.69, 9.17) is 11.6 Å². The summed E-state index contributed by atoms with van der Waals surface area (Å²) in [5.74, 6) is -0.267. The monoisotopic (exact) mass is 288 g/mol. The molecule has 0 amide bonds. The molecule has 0 fully saturated rings. The molecule has 0 aliphatic heterocycles. The smallest absolute Gasteiger partial charge is 0.406 e. The van der Waals surface area contributed by atoms with Crippen molar-refractivity contribution in [2.45, 2.75) is 11.7 Å². The molecule has 0 saturated heterocycles. The Hall–Kier alpha value is -0.420. The fourth-order valence-corrected chi connectivity index (χ4v) is 1.66. The summed E-state index contributed by atoms with van der Waals surface area (Å²) in [6, 6.07) is 3.77. The lowest BCUT2D eigenvalue weighted by atomic mass is 10.2. The van der Waals surface area contributed by atoms with Crippen LogP contribution in [0.2, 0.25) is 5.02 Å². The Balaban J connectivity index is 2.90. The highest BCUT2D eigenvalue weighted by molar-refractivity contribution is 9.08. The maximum absolute atomic E-state index is 11.8. The van der Waals surface area contributed by atoms with Crippen molar-refractivity contribution in [3.63, 3.8) is 0 Å². The van der Waals surface area contributed by atoms with E-state index in [-0.39, 0.29) is 5.75 Å². The van der Waals surface area contributed by atoms with E-state index in [0.717, 1.165) is 0 Å². The number of hydrogen-bond donors (Lipinski definition) is 0. The molecule has 0 spiro atoms. The molecule has 78 valence electrons. The second-order valence-electron chi connectivity index (χ2n) is 2.43. The Morgan fingerprint density at radius 3 is 2.50 bits per heavy atom. The van der Waals surface area contributed by atoms with E-state index >= 15 is 0 Å². The van der Waals surface area contributed by atoms with Crippen LogP contribution in [0.25, 0.3) is 0 Å². The van der Waals surface area contributed by atoms with Crippen LogP contribution in [0.5, 0.6) is 5.75 Å². The lowest BCUT2D eigenvalue weighted by Crippen LogP contribution is -2.17. The molecule has 0 unspecified atom stereocenters. The van der Waals surface area contributed by atoms with Crippen molar-refractivity contribution in [3.05, 3.63) is 28.8 Å². The lowest BCUT2D eigenvalue weighted by molar-refractivity contribution is -0.274. The van der Waals surface area contributed by atoms with Crippen LogP contribution < -0.4 is 4.74 Å². The summed E-state index contributed by atoms with van der Waals surface area (Å²) in [6.07, 6.45) is -4.67. The zero-order chi connectivity index (χ0) is 10.8. The number of rotatable bonds is 2. The van der Waals surface area contributed by atoms with Crippen molar-refractivity contribution < 1.29 is 17.9 Å². The average Bonchev–Trinajstić information content (AvgIpc) is 2.06. The van der Waals surface area contributed by atoms with Gasteiger partial charge in [0.25, 0.3) is 0 Å². The first-order chi connectivity index (χ1) is 6.42. The standard InChI is InChI=1S/C8H5BrClF3O/c9-4-5-3-6(1-2-7(5)10)14-8(11,12)13/h1-3H,4H2. The van der Waals surface area contributed by atoms with E-state index in [9.17, 15) is 13.2 Å². The normalized spacial score (nSPS) is 11.5. The second-order valence-corrected chi connectivity index (χ2v) is 3.40. The number of halogens is 5. The van der Waals surface area contributed by atoms with E-state index in [0.29, 0.717) is 15.9 Å². The highest BCUT2D eigenvalue weighted by Crippen LogP contribution is 2.28. The molecule has 1 nitrogen and oxygen atoms in total. The molecular formula is C8H5BrClF3O.